The summed E-state index contributed by atoms with van der Waals surface area (Å²) in [5.41, 5.74) is 0. The van der Waals surface area contributed by atoms with Gasteiger partial charge in [0.15, 0.2) is 12.4 Å². The lowest BCUT2D eigenvalue weighted by atomic mass is 9.99. The van der Waals surface area contributed by atoms with Gasteiger partial charge >= 0.3 is 5.97 Å². The first-order chi connectivity index (χ1) is 38.7. The zero-order chi connectivity index (χ0) is 57.5. The van der Waals surface area contributed by atoms with Gasteiger partial charge in [0.1, 0.15) is 24.4 Å². The van der Waals surface area contributed by atoms with Crippen LogP contribution in [0.3, 0.4) is 0 Å². The highest BCUT2D eigenvalue weighted by atomic mass is 16.7. The quantitative estimate of drug-likeness (QED) is 0.0195. The summed E-state index contributed by atoms with van der Waals surface area (Å²) < 4.78 is 17.6. The van der Waals surface area contributed by atoms with Crippen LogP contribution in [0.15, 0.2) is 97.2 Å². The molecule has 11 heteroatoms. The van der Waals surface area contributed by atoms with Crippen LogP contribution in [0.1, 0.15) is 258 Å². The minimum absolute atomic E-state index is 0.100. The maximum Gasteiger partial charge on any atom is 0.306 e. The molecule has 0 aromatic heterocycles. The van der Waals surface area contributed by atoms with Crippen molar-refractivity contribution in [2.24, 2.45) is 0 Å². The smallest absolute Gasteiger partial charge is 0.306 e. The van der Waals surface area contributed by atoms with E-state index >= 15 is 0 Å². The van der Waals surface area contributed by atoms with Gasteiger partial charge in [0.05, 0.1) is 25.4 Å². The number of aliphatic hydroxyl groups excluding tert-OH is 5. The largest absolute Gasteiger partial charge is 0.454 e. The lowest BCUT2D eigenvalue weighted by Gasteiger charge is -2.41. The molecule has 0 aromatic rings. The fourth-order valence-corrected chi connectivity index (χ4v) is 9.35. The van der Waals surface area contributed by atoms with Gasteiger partial charge in [0.25, 0.3) is 0 Å². The predicted octanol–water partition coefficient (Wildman–Crippen LogP) is 15.5. The molecule has 0 bridgehead atoms. The number of carbonyl (C=O) groups is 2. The molecule has 0 spiro atoms. The standard InChI is InChI=1S/C68H117NO10/c1-4-7-10-13-16-19-22-25-27-29-31-33-35-38-41-44-47-50-53-56-63(73)79-66-65(75)64(74)62(57-70)78-68(66)77-58-59(60(71)54-51-48-45-42-39-36-24-21-18-15-12-9-6-3)69-67(76)61(72)55-52-49-46-43-40-37-34-32-30-28-26-23-20-17-14-11-8-5-2/h16-17,19-20,25-28,31-34,40,43,51,54,59-62,64-66,68,70-72,74-75H,4-15,18,21-24,29-30,35-39,41-42,44-50,52-53,55-58H2,1-3H3,(H,69,76)/b19-16-,20-17-,27-25-,28-26-,33-31-,34-32-,43-40-,54-51+. The molecule has 11 nitrogen and oxygen atoms in total. The van der Waals surface area contributed by atoms with Crippen molar-refractivity contribution in [3.63, 3.8) is 0 Å². The Morgan fingerprint density at radius 2 is 0.873 bits per heavy atom. The second-order valence-electron chi connectivity index (χ2n) is 21.8. The molecule has 1 aliphatic rings. The van der Waals surface area contributed by atoms with E-state index in [2.05, 4.69) is 111 Å². The van der Waals surface area contributed by atoms with Gasteiger partial charge < -0.3 is 45.1 Å². The number of rotatable bonds is 53. The van der Waals surface area contributed by atoms with Gasteiger partial charge in [0, 0.05) is 6.42 Å². The molecule has 1 fully saturated rings. The number of nitrogens with one attached hydrogen (secondary N) is 1. The number of aliphatic hydroxyl groups is 5. The predicted molar refractivity (Wildman–Crippen MR) is 329 cm³/mol. The van der Waals surface area contributed by atoms with E-state index in [0.717, 1.165) is 116 Å². The van der Waals surface area contributed by atoms with Crippen molar-refractivity contribution in [2.75, 3.05) is 13.2 Å². The molecule has 454 valence electrons. The Morgan fingerprint density at radius 3 is 1.33 bits per heavy atom. The molecular formula is C68H117NO10. The summed E-state index contributed by atoms with van der Waals surface area (Å²) in [4.78, 5) is 26.6. The summed E-state index contributed by atoms with van der Waals surface area (Å²) in [7, 11) is 0. The Hall–Kier alpha value is -3.42. The van der Waals surface area contributed by atoms with Crippen LogP contribution in [0.4, 0.5) is 0 Å². The molecule has 79 heavy (non-hydrogen) atoms. The van der Waals surface area contributed by atoms with E-state index in [-0.39, 0.29) is 19.4 Å². The lowest BCUT2D eigenvalue weighted by molar-refractivity contribution is -0.305. The molecule has 8 unspecified atom stereocenters. The van der Waals surface area contributed by atoms with Crippen molar-refractivity contribution < 1.29 is 49.3 Å². The van der Waals surface area contributed by atoms with Crippen LogP contribution in [0.2, 0.25) is 0 Å². The monoisotopic (exact) mass is 1110 g/mol. The Balaban J connectivity index is 2.72. The molecule has 1 rings (SSSR count). The summed E-state index contributed by atoms with van der Waals surface area (Å²) >= 11 is 0. The van der Waals surface area contributed by atoms with Gasteiger partial charge in [-0.3, -0.25) is 9.59 Å². The molecule has 8 atom stereocenters. The molecule has 0 aromatic carbocycles. The van der Waals surface area contributed by atoms with Crippen LogP contribution in [0.25, 0.3) is 0 Å². The molecule has 1 heterocycles. The van der Waals surface area contributed by atoms with E-state index in [1.165, 1.54) is 96.3 Å². The van der Waals surface area contributed by atoms with Crippen molar-refractivity contribution in [3.05, 3.63) is 97.2 Å². The van der Waals surface area contributed by atoms with Gasteiger partial charge in [-0.2, -0.15) is 0 Å². The maximum absolute atomic E-state index is 13.4. The van der Waals surface area contributed by atoms with Crippen LogP contribution in [0, 0.1) is 0 Å². The van der Waals surface area contributed by atoms with Crippen LogP contribution in [0.5, 0.6) is 0 Å². The number of hydrogen-bond acceptors (Lipinski definition) is 10. The van der Waals surface area contributed by atoms with E-state index in [9.17, 15) is 35.1 Å². The Morgan fingerprint density at radius 1 is 0.494 bits per heavy atom. The van der Waals surface area contributed by atoms with Crippen LogP contribution in [-0.2, 0) is 23.8 Å². The third kappa shape index (κ3) is 43.0. The van der Waals surface area contributed by atoms with Crippen molar-refractivity contribution in [1.29, 1.82) is 0 Å². The Labute approximate surface area is 482 Å². The van der Waals surface area contributed by atoms with Gasteiger partial charge in [-0.25, -0.2) is 0 Å². The van der Waals surface area contributed by atoms with E-state index in [4.69, 9.17) is 14.2 Å². The van der Waals surface area contributed by atoms with Gasteiger partial charge in [-0.1, -0.05) is 240 Å². The van der Waals surface area contributed by atoms with Gasteiger partial charge in [-0.05, 0) is 109 Å². The average molecular weight is 1110 g/mol. The fourth-order valence-electron chi connectivity index (χ4n) is 9.35. The molecule has 1 amide bonds. The first-order valence-corrected chi connectivity index (χ1v) is 32.0. The highest BCUT2D eigenvalue weighted by Gasteiger charge is 2.47. The van der Waals surface area contributed by atoms with Gasteiger partial charge in [-0.15, -0.1) is 0 Å². The summed E-state index contributed by atoms with van der Waals surface area (Å²) in [5, 5.41) is 57.0. The first kappa shape index (κ1) is 73.6. The summed E-state index contributed by atoms with van der Waals surface area (Å²) in [6.07, 6.45) is 62.9. The first-order valence-electron chi connectivity index (χ1n) is 32.0. The number of allylic oxidation sites excluding steroid dienone is 15. The minimum atomic E-state index is -1.63. The van der Waals surface area contributed by atoms with Crippen molar-refractivity contribution in [3.8, 4) is 0 Å². The van der Waals surface area contributed by atoms with E-state index in [0.29, 0.717) is 12.8 Å². The SMILES string of the molecule is CCCCC/C=C\C/C=C\C/C=C\C/C=C\CCCCC(O)C(=O)NC(COC1OC(CO)C(O)C(O)C1OC(=O)CCCCCCCC/C=C\C/C=C\C/C=C\CCCCC)C(O)/C=C/CCCCCCCCCCCCC. The summed E-state index contributed by atoms with van der Waals surface area (Å²) in [5.74, 6) is -1.24. The highest BCUT2D eigenvalue weighted by Crippen LogP contribution is 2.26. The van der Waals surface area contributed by atoms with Crippen LogP contribution >= 0.6 is 0 Å². The average Bonchev–Trinajstić information content (AvgIpc) is 3.49. The topological polar surface area (TPSA) is 175 Å². The molecule has 6 N–H and O–H groups in total. The number of ether oxygens (including phenoxy) is 3. The van der Waals surface area contributed by atoms with E-state index in [1.54, 1.807) is 6.08 Å². The second-order valence-corrected chi connectivity index (χ2v) is 21.8. The molecule has 0 radical (unpaired) electrons. The zero-order valence-corrected chi connectivity index (χ0v) is 50.2. The fraction of sp³-hybridized carbons (Fsp3) is 0.735. The third-order valence-electron chi connectivity index (χ3n) is 14.5. The molecular weight excluding hydrogens is 991 g/mol. The van der Waals surface area contributed by atoms with Crippen LogP contribution in [-0.4, -0.2) is 99.6 Å². The zero-order valence-electron chi connectivity index (χ0n) is 50.2. The summed E-state index contributed by atoms with van der Waals surface area (Å²) in [6.45, 7) is 5.71. The molecule has 1 saturated heterocycles. The number of esters is 1. The number of amides is 1. The molecule has 0 saturated carbocycles. The minimum Gasteiger partial charge on any atom is -0.454 e. The second kappa shape index (κ2) is 55.1. The number of unbranched alkanes of at least 4 members (excludes halogenated alkanes) is 25. The third-order valence-corrected chi connectivity index (χ3v) is 14.5. The lowest BCUT2D eigenvalue weighted by Crippen LogP contribution is -2.61. The van der Waals surface area contributed by atoms with E-state index < -0.39 is 67.4 Å². The highest BCUT2D eigenvalue weighted by molar-refractivity contribution is 5.80. The number of hydrogen-bond donors (Lipinski definition) is 6. The van der Waals surface area contributed by atoms with Crippen molar-refractivity contribution in [2.45, 2.75) is 307 Å². The van der Waals surface area contributed by atoms with Crippen molar-refractivity contribution >= 4 is 11.9 Å². The Kier molecular flexibility index (Phi) is 51.4. The number of carbonyl (C=O) groups excluding carboxylic acids is 2. The van der Waals surface area contributed by atoms with Crippen LogP contribution < -0.4 is 5.32 Å². The van der Waals surface area contributed by atoms with Crippen molar-refractivity contribution in [1.82, 2.24) is 5.32 Å². The normalized spacial score (nSPS) is 19.5. The maximum atomic E-state index is 13.4. The Bertz CT molecular complexity index is 1650. The molecule has 0 aliphatic carbocycles. The summed E-state index contributed by atoms with van der Waals surface area (Å²) in [6, 6.07) is -1.05. The van der Waals surface area contributed by atoms with E-state index in [1.807, 2.05) is 6.08 Å². The van der Waals surface area contributed by atoms with Gasteiger partial charge in [0.2, 0.25) is 5.91 Å². The molecule has 1 aliphatic heterocycles.